The van der Waals surface area contributed by atoms with E-state index in [0.29, 0.717) is 6.54 Å². The van der Waals surface area contributed by atoms with Gasteiger partial charge in [-0.2, -0.15) is 0 Å². The van der Waals surface area contributed by atoms with Crippen LogP contribution in [0.15, 0.2) is 0 Å². The van der Waals surface area contributed by atoms with Crippen LogP contribution in [0, 0.1) is 11.8 Å². The van der Waals surface area contributed by atoms with E-state index in [1.807, 2.05) is 0 Å². The first-order chi connectivity index (χ1) is 7.25. The maximum absolute atomic E-state index is 11.6. The van der Waals surface area contributed by atoms with Crippen LogP contribution in [-0.2, 0) is 9.59 Å². The summed E-state index contributed by atoms with van der Waals surface area (Å²) in [6.45, 7) is 0.578. The lowest BCUT2D eigenvalue weighted by Gasteiger charge is -2.28. The number of amides is 1. The molecule has 1 aliphatic heterocycles. The Morgan fingerprint density at radius 2 is 1.87 bits per heavy atom. The summed E-state index contributed by atoms with van der Waals surface area (Å²) in [5.41, 5.74) is 0. The number of hydrogen-bond donors (Lipinski definition) is 1. The van der Waals surface area contributed by atoms with E-state index in [4.69, 9.17) is 0 Å². The van der Waals surface area contributed by atoms with Gasteiger partial charge in [-0.15, -0.1) is 0 Å². The lowest BCUT2D eigenvalue weighted by molar-refractivity contribution is -0.134. The van der Waals surface area contributed by atoms with Gasteiger partial charge in [-0.25, -0.2) is 0 Å². The highest BCUT2D eigenvalue weighted by Gasteiger charge is 2.29. The lowest BCUT2D eigenvalue weighted by atomic mass is 9.80. The fourth-order valence-electron chi connectivity index (χ4n) is 2.76. The molecule has 3 heteroatoms. The van der Waals surface area contributed by atoms with E-state index < -0.39 is 0 Å². The Bertz CT molecular complexity index is 256. The van der Waals surface area contributed by atoms with Gasteiger partial charge in [0.25, 0.3) is 0 Å². The van der Waals surface area contributed by atoms with Gasteiger partial charge in [-0.1, -0.05) is 32.1 Å². The monoisotopic (exact) mass is 209 g/mol. The van der Waals surface area contributed by atoms with Crippen LogP contribution in [0.2, 0.25) is 0 Å². The number of Topliss-reactive ketones (excluding diaryl/α,β-unsaturated/α-hetero) is 1. The molecule has 2 fully saturated rings. The van der Waals surface area contributed by atoms with E-state index in [1.165, 1.54) is 32.1 Å². The van der Waals surface area contributed by atoms with Crippen molar-refractivity contribution in [2.24, 2.45) is 11.8 Å². The third-order valence-electron chi connectivity index (χ3n) is 3.68. The summed E-state index contributed by atoms with van der Waals surface area (Å²) in [4.78, 5) is 22.6. The number of ketones is 1. The molecular weight excluding hydrogens is 190 g/mol. The van der Waals surface area contributed by atoms with E-state index in [9.17, 15) is 9.59 Å². The highest BCUT2D eigenvalue weighted by atomic mass is 16.2. The standard InChI is InChI=1S/C12H19NO2/c14-11-7-12(15)13-8-10(11)6-9-4-2-1-3-5-9/h9-10H,1-8H2,(H,13,15). The van der Waals surface area contributed by atoms with Crippen molar-refractivity contribution in [3.63, 3.8) is 0 Å². The van der Waals surface area contributed by atoms with Crippen LogP contribution >= 0.6 is 0 Å². The van der Waals surface area contributed by atoms with Crippen LogP contribution in [0.5, 0.6) is 0 Å². The second kappa shape index (κ2) is 4.77. The van der Waals surface area contributed by atoms with Crippen molar-refractivity contribution >= 4 is 11.7 Å². The van der Waals surface area contributed by atoms with E-state index in [1.54, 1.807) is 0 Å². The first kappa shape index (κ1) is 10.7. The molecule has 0 radical (unpaired) electrons. The van der Waals surface area contributed by atoms with Crippen molar-refractivity contribution in [1.82, 2.24) is 5.32 Å². The SMILES string of the molecule is O=C1CC(=O)C(CC2CCCCC2)CN1. The first-order valence-electron chi connectivity index (χ1n) is 6.05. The predicted molar refractivity (Wildman–Crippen MR) is 57.3 cm³/mol. The van der Waals surface area contributed by atoms with Gasteiger partial charge in [0.15, 0.2) is 0 Å². The van der Waals surface area contributed by atoms with Crippen molar-refractivity contribution in [2.75, 3.05) is 6.54 Å². The second-order valence-corrected chi connectivity index (χ2v) is 4.88. The summed E-state index contributed by atoms with van der Waals surface area (Å²) in [6, 6.07) is 0. The smallest absolute Gasteiger partial charge is 0.227 e. The van der Waals surface area contributed by atoms with Crippen molar-refractivity contribution in [3.05, 3.63) is 0 Å². The van der Waals surface area contributed by atoms with Crippen molar-refractivity contribution < 1.29 is 9.59 Å². The molecule has 0 aromatic rings. The van der Waals surface area contributed by atoms with Crippen LogP contribution in [0.4, 0.5) is 0 Å². The Hall–Kier alpha value is -0.860. The molecule has 1 atom stereocenters. The average molecular weight is 209 g/mol. The first-order valence-corrected chi connectivity index (χ1v) is 6.05. The van der Waals surface area contributed by atoms with E-state index in [2.05, 4.69) is 5.32 Å². The minimum Gasteiger partial charge on any atom is -0.355 e. The maximum Gasteiger partial charge on any atom is 0.227 e. The molecule has 1 heterocycles. The summed E-state index contributed by atoms with van der Waals surface area (Å²) in [5, 5.41) is 2.79. The molecule has 1 saturated carbocycles. The highest BCUT2D eigenvalue weighted by molar-refractivity contribution is 6.01. The molecule has 2 rings (SSSR count). The van der Waals surface area contributed by atoms with Crippen molar-refractivity contribution in [3.8, 4) is 0 Å². The number of rotatable bonds is 2. The average Bonchev–Trinajstić information content (AvgIpc) is 2.24. The van der Waals surface area contributed by atoms with Gasteiger partial charge in [0.05, 0.1) is 6.42 Å². The van der Waals surface area contributed by atoms with Crippen LogP contribution in [0.3, 0.4) is 0 Å². The zero-order valence-corrected chi connectivity index (χ0v) is 9.13. The summed E-state index contributed by atoms with van der Waals surface area (Å²) >= 11 is 0. The molecule has 1 N–H and O–H groups in total. The summed E-state index contributed by atoms with van der Waals surface area (Å²) < 4.78 is 0. The number of carbonyl (C=O) groups excluding carboxylic acids is 2. The van der Waals surface area contributed by atoms with Crippen molar-refractivity contribution in [1.29, 1.82) is 0 Å². The molecule has 84 valence electrons. The number of nitrogens with one attached hydrogen (secondary N) is 1. The molecule has 1 unspecified atom stereocenters. The van der Waals surface area contributed by atoms with Crippen LogP contribution in [-0.4, -0.2) is 18.2 Å². The molecule has 1 aliphatic carbocycles. The quantitative estimate of drug-likeness (QED) is 0.703. The minimum absolute atomic E-state index is 0.0973. The van der Waals surface area contributed by atoms with Gasteiger partial charge >= 0.3 is 0 Å². The van der Waals surface area contributed by atoms with E-state index >= 15 is 0 Å². The zero-order chi connectivity index (χ0) is 10.7. The zero-order valence-electron chi connectivity index (χ0n) is 9.13. The normalized spacial score (nSPS) is 28.9. The highest BCUT2D eigenvalue weighted by Crippen LogP contribution is 2.30. The van der Waals surface area contributed by atoms with E-state index in [-0.39, 0.29) is 24.0 Å². The number of piperidine rings is 1. The van der Waals surface area contributed by atoms with Gasteiger partial charge in [-0.3, -0.25) is 9.59 Å². The fraction of sp³-hybridized carbons (Fsp3) is 0.833. The molecular formula is C12H19NO2. The lowest BCUT2D eigenvalue weighted by Crippen LogP contribution is -2.41. The molecule has 15 heavy (non-hydrogen) atoms. The molecule has 0 bridgehead atoms. The molecule has 0 aromatic carbocycles. The van der Waals surface area contributed by atoms with Gasteiger partial charge in [0.1, 0.15) is 5.78 Å². The Balaban J connectivity index is 1.82. The second-order valence-electron chi connectivity index (χ2n) is 4.88. The summed E-state index contributed by atoms with van der Waals surface area (Å²) in [7, 11) is 0. The molecule has 3 nitrogen and oxygen atoms in total. The Kier molecular flexibility index (Phi) is 3.39. The Morgan fingerprint density at radius 1 is 1.13 bits per heavy atom. The Morgan fingerprint density at radius 3 is 2.53 bits per heavy atom. The number of hydrogen-bond acceptors (Lipinski definition) is 2. The third kappa shape index (κ3) is 2.80. The third-order valence-corrected chi connectivity index (χ3v) is 3.68. The number of carbonyl (C=O) groups is 2. The molecule has 0 aromatic heterocycles. The predicted octanol–water partition coefficient (Wildman–Crippen LogP) is 1.66. The molecule has 0 spiro atoms. The Labute approximate surface area is 90.6 Å². The van der Waals surface area contributed by atoms with Crippen LogP contribution in [0.25, 0.3) is 0 Å². The minimum atomic E-state index is -0.0973. The van der Waals surface area contributed by atoms with Gasteiger partial charge < -0.3 is 5.32 Å². The summed E-state index contributed by atoms with van der Waals surface area (Å²) in [5.74, 6) is 0.887. The maximum atomic E-state index is 11.6. The largest absolute Gasteiger partial charge is 0.355 e. The van der Waals surface area contributed by atoms with Gasteiger partial charge in [0, 0.05) is 12.5 Å². The fourth-order valence-corrected chi connectivity index (χ4v) is 2.76. The molecule has 2 aliphatic rings. The molecule has 1 saturated heterocycles. The topological polar surface area (TPSA) is 46.2 Å². The van der Waals surface area contributed by atoms with Gasteiger partial charge in [0.2, 0.25) is 5.91 Å². The van der Waals surface area contributed by atoms with E-state index in [0.717, 1.165) is 12.3 Å². The summed E-state index contributed by atoms with van der Waals surface area (Å²) in [6.07, 6.45) is 7.65. The van der Waals surface area contributed by atoms with Crippen LogP contribution < -0.4 is 5.32 Å². The van der Waals surface area contributed by atoms with Gasteiger partial charge in [-0.05, 0) is 12.3 Å². The molecule has 1 amide bonds. The van der Waals surface area contributed by atoms with Crippen LogP contribution in [0.1, 0.15) is 44.9 Å². The van der Waals surface area contributed by atoms with Crippen molar-refractivity contribution in [2.45, 2.75) is 44.9 Å².